The molecule has 1 aliphatic carbocycles. The van der Waals surface area contributed by atoms with Crippen LogP contribution < -0.4 is 16.4 Å². The molecule has 0 spiro atoms. The Morgan fingerprint density at radius 1 is 1.24 bits per heavy atom. The van der Waals surface area contributed by atoms with E-state index in [2.05, 4.69) is 10.6 Å². The molecule has 5 nitrogen and oxygen atoms in total. The molecule has 0 fully saturated rings. The zero-order valence-corrected chi connectivity index (χ0v) is 12.1. The summed E-state index contributed by atoms with van der Waals surface area (Å²) in [4.78, 5) is 23.5. The van der Waals surface area contributed by atoms with Crippen molar-refractivity contribution in [1.29, 1.82) is 0 Å². The number of hydrogen-bond donors (Lipinski definition) is 3. The van der Waals surface area contributed by atoms with Gasteiger partial charge in [-0.05, 0) is 31.0 Å². The van der Waals surface area contributed by atoms with Crippen molar-refractivity contribution in [3.8, 4) is 0 Å². The maximum absolute atomic E-state index is 12.0. The van der Waals surface area contributed by atoms with E-state index < -0.39 is 0 Å². The number of hydrogen-bond acceptors (Lipinski definition) is 3. The third-order valence-corrected chi connectivity index (χ3v) is 3.41. The van der Waals surface area contributed by atoms with E-state index in [1.165, 1.54) is 0 Å². The number of carbonyl (C=O) groups is 2. The van der Waals surface area contributed by atoms with Gasteiger partial charge in [-0.15, -0.1) is 0 Å². The van der Waals surface area contributed by atoms with E-state index in [1.807, 2.05) is 43.3 Å². The van der Waals surface area contributed by atoms with Gasteiger partial charge >= 0.3 is 0 Å². The minimum Gasteiger partial charge on any atom is -0.356 e. The van der Waals surface area contributed by atoms with E-state index in [-0.39, 0.29) is 23.8 Å². The summed E-state index contributed by atoms with van der Waals surface area (Å²) in [6.45, 7) is 2.52. The molecule has 0 bridgehead atoms. The lowest BCUT2D eigenvalue weighted by Crippen LogP contribution is -2.24. The number of nitrogens with one attached hydrogen (secondary N) is 2. The standard InChI is InChI=1S/C16H21N3O2/c1-2-18-15(20)9-11-3-7-14(8-4-11)19-16(21)12-5-6-13(17)10-12/h3-8,12-13H,2,9-10,17H2,1H3,(H,18,20)(H,19,21). The molecule has 5 heteroatoms. The van der Waals surface area contributed by atoms with Crippen molar-refractivity contribution in [2.24, 2.45) is 11.7 Å². The zero-order chi connectivity index (χ0) is 15.2. The van der Waals surface area contributed by atoms with Gasteiger partial charge in [0.15, 0.2) is 0 Å². The van der Waals surface area contributed by atoms with E-state index in [4.69, 9.17) is 5.73 Å². The smallest absolute Gasteiger partial charge is 0.231 e. The van der Waals surface area contributed by atoms with Gasteiger partial charge in [0.1, 0.15) is 0 Å². The molecule has 112 valence electrons. The highest BCUT2D eigenvalue weighted by molar-refractivity contribution is 5.94. The van der Waals surface area contributed by atoms with Gasteiger partial charge in [0.05, 0.1) is 12.3 Å². The molecule has 2 rings (SSSR count). The second-order valence-corrected chi connectivity index (χ2v) is 5.21. The van der Waals surface area contributed by atoms with E-state index in [1.54, 1.807) is 0 Å². The number of likely N-dealkylation sites (N-methyl/N-ethyl adjacent to an activating group) is 1. The highest BCUT2D eigenvalue weighted by Crippen LogP contribution is 2.19. The summed E-state index contributed by atoms with van der Waals surface area (Å²) in [5, 5.41) is 5.62. The molecular weight excluding hydrogens is 266 g/mol. The predicted octanol–water partition coefficient (Wildman–Crippen LogP) is 1.21. The van der Waals surface area contributed by atoms with E-state index in [0.717, 1.165) is 11.3 Å². The number of carbonyl (C=O) groups excluding carboxylic acids is 2. The van der Waals surface area contributed by atoms with E-state index in [0.29, 0.717) is 19.4 Å². The highest BCUT2D eigenvalue weighted by Gasteiger charge is 2.22. The molecule has 1 aromatic carbocycles. The second kappa shape index (κ2) is 7.04. The summed E-state index contributed by atoms with van der Waals surface area (Å²) >= 11 is 0. The molecule has 2 amide bonds. The maximum atomic E-state index is 12.0. The van der Waals surface area contributed by atoms with Crippen LogP contribution >= 0.6 is 0 Å². The van der Waals surface area contributed by atoms with Crippen LogP contribution in [0.3, 0.4) is 0 Å². The van der Waals surface area contributed by atoms with Crippen LogP contribution in [0, 0.1) is 5.92 Å². The fourth-order valence-electron chi connectivity index (χ4n) is 2.31. The molecule has 0 saturated heterocycles. The third-order valence-electron chi connectivity index (χ3n) is 3.41. The van der Waals surface area contributed by atoms with Crippen molar-refractivity contribution in [3.05, 3.63) is 42.0 Å². The first-order valence-corrected chi connectivity index (χ1v) is 7.19. The SMILES string of the molecule is CCNC(=O)Cc1ccc(NC(=O)C2C=CC(N)C2)cc1. The van der Waals surface area contributed by atoms with Gasteiger partial charge in [-0.2, -0.15) is 0 Å². The summed E-state index contributed by atoms with van der Waals surface area (Å²) in [6, 6.07) is 7.29. The lowest BCUT2D eigenvalue weighted by atomic mass is 10.1. The van der Waals surface area contributed by atoms with Crippen LogP contribution in [0.25, 0.3) is 0 Å². The lowest BCUT2D eigenvalue weighted by Gasteiger charge is -2.11. The van der Waals surface area contributed by atoms with Crippen molar-refractivity contribution in [3.63, 3.8) is 0 Å². The third kappa shape index (κ3) is 4.43. The summed E-state index contributed by atoms with van der Waals surface area (Å²) in [5.41, 5.74) is 7.39. The summed E-state index contributed by atoms with van der Waals surface area (Å²) < 4.78 is 0. The fraction of sp³-hybridized carbons (Fsp3) is 0.375. The largest absolute Gasteiger partial charge is 0.356 e. The Morgan fingerprint density at radius 2 is 1.95 bits per heavy atom. The van der Waals surface area contributed by atoms with Crippen LogP contribution in [0.2, 0.25) is 0 Å². The van der Waals surface area contributed by atoms with Gasteiger partial charge in [-0.1, -0.05) is 24.3 Å². The Morgan fingerprint density at radius 3 is 2.52 bits per heavy atom. The minimum absolute atomic E-state index is 0.000587. The van der Waals surface area contributed by atoms with Gasteiger partial charge < -0.3 is 16.4 Å². The minimum atomic E-state index is -0.157. The summed E-state index contributed by atoms with van der Waals surface area (Å²) in [5.74, 6) is -0.204. The average Bonchev–Trinajstić information content (AvgIpc) is 2.88. The van der Waals surface area contributed by atoms with Crippen molar-refractivity contribution in [2.45, 2.75) is 25.8 Å². The van der Waals surface area contributed by atoms with Crippen LogP contribution in [-0.2, 0) is 16.0 Å². The summed E-state index contributed by atoms with van der Waals surface area (Å²) in [7, 11) is 0. The van der Waals surface area contributed by atoms with Crippen molar-refractivity contribution in [1.82, 2.24) is 5.32 Å². The van der Waals surface area contributed by atoms with Crippen molar-refractivity contribution >= 4 is 17.5 Å². The molecule has 0 heterocycles. The molecule has 0 aromatic heterocycles. The van der Waals surface area contributed by atoms with Gasteiger partial charge in [-0.3, -0.25) is 9.59 Å². The van der Waals surface area contributed by atoms with Gasteiger partial charge in [0.2, 0.25) is 11.8 Å². The van der Waals surface area contributed by atoms with Gasteiger partial charge in [0, 0.05) is 18.3 Å². The van der Waals surface area contributed by atoms with E-state index >= 15 is 0 Å². The van der Waals surface area contributed by atoms with Crippen LogP contribution in [-0.4, -0.2) is 24.4 Å². The Labute approximate surface area is 124 Å². The first-order chi connectivity index (χ1) is 10.1. The van der Waals surface area contributed by atoms with Crippen LogP contribution in [0.4, 0.5) is 5.69 Å². The van der Waals surface area contributed by atoms with Crippen LogP contribution in [0.1, 0.15) is 18.9 Å². The molecular formula is C16H21N3O2. The number of amides is 2. The molecule has 4 N–H and O–H groups in total. The molecule has 2 unspecified atom stereocenters. The monoisotopic (exact) mass is 287 g/mol. The Bertz CT molecular complexity index is 537. The van der Waals surface area contributed by atoms with Crippen molar-refractivity contribution < 1.29 is 9.59 Å². The normalized spacial score (nSPS) is 20.3. The first-order valence-electron chi connectivity index (χ1n) is 7.19. The number of rotatable bonds is 5. The molecule has 0 aliphatic heterocycles. The zero-order valence-electron chi connectivity index (χ0n) is 12.1. The molecule has 0 radical (unpaired) electrons. The molecule has 1 aliphatic rings. The number of anilines is 1. The first kappa shape index (κ1) is 15.3. The molecule has 2 atom stereocenters. The maximum Gasteiger partial charge on any atom is 0.231 e. The van der Waals surface area contributed by atoms with Crippen LogP contribution in [0.5, 0.6) is 0 Å². The van der Waals surface area contributed by atoms with E-state index in [9.17, 15) is 9.59 Å². The summed E-state index contributed by atoms with van der Waals surface area (Å²) in [6.07, 6.45) is 4.71. The Hall–Kier alpha value is -2.14. The fourth-order valence-corrected chi connectivity index (χ4v) is 2.31. The topological polar surface area (TPSA) is 84.2 Å². The number of benzene rings is 1. The van der Waals surface area contributed by atoms with Gasteiger partial charge in [-0.25, -0.2) is 0 Å². The average molecular weight is 287 g/mol. The number of nitrogens with two attached hydrogens (primary N) is 1. The van der Waals surface area contributed by atoms with Crippen LogP contribution in [0.15, 0.2) is 36.4 Å². The molecule has 0 saturated carbocycles. The highest BCUT2D eigenvalue weighted by atomic mass is 16.2. The lowest BCUT2D eigenvalue weighted by molar-refractivity contribution is -0.120. The quantitative estimate of drug-likeness (QED) is 0.712. The predicted molar refractivity (Wildman–Crippen MR) is 82.7 cm³/mol. The molecule has 21 heavy (non-hydrogen) atoms. The van der Waals surface area contributed by atoms with Crippen molar-refractivity contribution in [2.75, 3.05) is 11.9 Å². The Balaban J connectivity index is 1.89. The van der Waals surface area contributed by atoms with Gasteiger partial charge in [0.25, 0.3) is 0 Å². The second-order valence-electron chi connectivity index (χ2n) is 5.21. The Kier molecular flexibility index (Phi) is 5.11. The molecule has 1 aromatic rings.